The molecule has 2 aliphatic rings. The Hall–Kier alpha value is -3.08. The molecular weight excluding hydrogens is 425 g/mol. The summed E-state index contributed by atoms with van der Waals surface area (Å²) in [6.07, 6.45) is 1.98. The van der Waals surface area contributed by atoms with Crippen molar-refractivity contribution in [2.75, 3.05) is 18.8 Å². The van der Waals surface area contributed by atoms with Crippen LogP contribution in [0.5, 0.6) is 0 Å². The van der Waals surface area contributed by atoms with Crippen LogP contribution in [0.2, 0.25) is 0 Å². The monoisotopic (exact) mass is 445 g/mol. The molecule has 0 aliphatic carbocycles. The summed E-state index contributed by atoms with van der Waals surface area (Å²) in [6, 6.07) is 5.65. The zero-order valence-corrected chi connectivity index (χ0v) is 17.8. The molecule has 9 nitrogen and oxygen atoms in total. The van der Waals surface area contributed by atoms with Gasteiger partial charge in [-0.15, -0.1) is 0 Å². The Morgan fingerprint density at radius 3 is 2.61 bits per heavy atom. The van der Waals surface area contributed by atoms with Gasteiger partial charge in [-0.1, -0.05) is 5.16 Å². The molecule has 31 heavy (non-hydrogen) atoms. The van der Waals surface area contributed by atoms with Crippen molar-refractivity contribution < 1.29 is 22.1 Å². The number of sulfone groups is 1. The zero-order valence-electron chi connectivity index (χ0n) is 16.9. The highest BCUT2D eigenvalue weighted by molar-refractivity contribution is 7.93. The fourth-order valence-electron chi connectivity index (χ4n) is 4.54. The SMILES string of the molecule is Cc1nn(C)cc1C(=O)N1CC2(C1)C(c1nc(-c3ccc(F)cc3)no1)CCS2(=O)=O. The maximum atomic E-state index is 13.2. The topological polar surface area (TPSA) is 111 Å². The lowest BCUT2D eigenvalue weighted by atomic mass is 9.82. The largest absolute Gasteiger partial charge is 0.339 e. The molecule has 162 valence electrons. The number of aryl methyl sites for hydroxylation is 2. The third kappa shape index (κ3) is 2.98. The molecule has 2 aromatic heterocycles. The van der Waals surface area contributed by atoms with Crippen molar-refractivity contribution in [3.05, 3.63) is 53.4 Å². The van der Waals surface area contributed by atoms with Crippen LogP contribution in [-0.4, -0.2) is 62.7 Å². The minimum atomic E-state index is -3.45. The molecule has 1 atom stereocenters. The van der Waals surface area contributed by atoms with Crippen LogP contribution >= 0.6 is 0 Å². The second kappa shape index (κ2) is 6.71. The lowest BCUT2D eigenvalue weighted by Gasteiger charge is -2.48. The van der Waals surface area contributed by atoms with E-state index < -0.39 is 20.5 Å². The molecule has 4 heterocycles. The quantitative estimate of drug-likeness (QED) is 0.603. The molecule has 0 radical (unpaired) electrons. The maximum absolute atomic E-state index is 13.2. The standard InChI is InChI=1S/C20H20FN5O4S/c1-12-15(9-25(2)23-12)19(27)26-10-20(11-26)16(7-8-31(20,28)29)18-22-17(24-30-18)13-3-5-14(21)6-4-13/h3-6,9,16H,7-8,10-11H2,1-2H3. The Balaban J connectivity index is 1.42. The number of halogens is 1. The average molecular weight is 445 g/mol. The van der Waals surface area contributed by atoms with E-state index in [-0.39, 0.29) is 42.3 Å². The van der Waals surface area contributed by atoms with Crippen molar-refractivity contribution >= 4 is 15.7 Å². The van der Waals surface area contributed by atoms with Crippen LogP contribution in [0.4, 0.5) is 4.39 Å². The molecule has 1 amide bonds. The first-order valence-electron chi connectivity index (χ1n) is 9.81. The first kappa shape index (κ1) is 19.9. The minimum Gasteiger partial charge on any atom is -0.339 e. The van der Waals surface area contributed by atoms with Gasteiger partial charge in [0.25, 0.3) is 5.91 Å². The molecule has 1 unspecified atom stereocenters. The van der Waals surface area contributed by atoms with Crippen LogP contribution in [0.3, 0.4) is 0 Å². The summed E-state index contributed by atoms with van der Waals surface area (Å²) in [6.45, 7) is 1.89. The molecule has 11 heteroatoms. The second-order valence-electron chi connectivity index (χ2n) is 8.15. The number of carbonyl (C=O) groups excluding carboxylic acids is 1. The molecule has 2 aliphatic heterocycles. The summed E-state index contributed by atoms with van der Waals surface area (Å²) in [5, 5.41) is 8.14. The van der Waals surface area contributed by atoms with E-state index in [1.54, 1.807) is 24.9 Å². The van der Waals surface area contributed by atoms with Gasteiger partial charge >= 0.3 is 0 Å². The van der Waals surface area contributed by atoms with Gasteiger partial charge in [-0.25, -0.2) is 12.8 Å². The van der Waals surface area contributed by atoms with Crippen LogP contribution in [0.15, 0.2) is 35.0 Å². The smallest absolute Gasteiger partial charge is 0.257 e. The summed E-state index contributed by atoms with van der Waals surface area (Å²) >= 11 is 0. The number of likely N-dealkylation sites (tertiary alicyclic amines) is 1. The average Bonchev–Trinajstić information content (AvgIpc) is 3.36. The number of amides is 1. The van der Waals surface area contributed by atoms with Crippen LogP contribution in [0.25, 0.3) is 11.4 Å². The first-order chi connectivity index (χ1) is 14.7. The minimum absolute atomic E-state index is 0.000120. The van der Waals surface area contributed by atoms with E-state index >= 15 is 0 Å². The Kier molecular flexibility index (Phi) is 4.30. The normalized spacial score (nSPS) is 21.4. The van der Waals surface area contributed by atoms with Crippen molar-refractivity contribution in [3.8, 4) is 11.4 Å². The molecule has 0 saturated carbocycles. The highest BCUT2D eigenvalue weighted by Gasteiger charge is 2.64. The van der Waals surface area contributed by atoms with Crippen molar-refractivity contribution in [1.82, 2.24) is 24.8 Å². The predicted molar refractivity (Wildman–Crippen MR) is 107 cm³/mol. The van der Waals surface area contributed by atoms with Crippen LogP contribution in [0.1, 0.15) is 34.3 Å². The van der Waals surface area contributed by atoms with E-state index in [4.69, 9.17) is 4.52 Å². The Morgan fingerprint density at radius 2 is 1.97 bits per heavy atom. The molecule has 1 spiro atoms. The van der Waals surface area contributed by atoms with Crippen LogP contribution in [-0.2, 0) is 16.9 Å². The molecule has 2 fully saturated rings. The third-order valence-corrected chi connectivity index (χ3v) is 8.77. The molecular formula is C20H20FN5O4S. The maximum Gasteiger partial charge on any atom is 0.257 e. The van der Waals surface area contributed by atoms with E-state index in [1.165, 1.54) is 29.2 Å². The van der Waals surface area contributed by atoms with E-state index in [0.29, 0.717) is 23.2 Å². The van der Waals surface area contributed by atoms with Gasteiger partial charge in [-0.05, 0) is 37.6 Å². The van der Waals surface area contributed by atoms with Gasteiger partial charge in [0.1, 0.15) is 10.6 Å². The van der Waals surface area contributed by atoms with Gasteiger partial charge < -0.3 is 9.42 Å². The zero-order chi connectivity index (χ0) is 22.0. The lowest BCUT2D eigenvalue weighted by Crippen LogP contribution is -2.67. The summed E-state index contributed by atoms with van der Waals surface area (Å²) in [4.78, 5) is 18.8. The molecule has 1 aromatic carbocycles. The fraction of sp³-hybridized carbons (Fsp3) is 0.400. The first-order valence-corrected chi connectivity index (χ1v) is 11.5. The molecule has 2 saturated heterocycles. The molecule has 5 rings (SSSR count). The van der Waals surface area contributed by atoms with Crippen molar-refractivity contribution in [2.45, 2.75) is 24.0 Å². The van der Waals surface area contributed by atoms with E-state index in [9.17, 15) is 17.6 Å². The number of hydrogen-bond donors (Lipinski definition) is 0. The summed E-state index contributed by atoms with van der Waals surface area (Å²) < 4.78 is 44.9. The molecule has 0 bridgehead atoms. The molecule has 0 N–H and O–H groups in total. The highest BCUT2D eigenvalue weighted by atomic mass is 32.2. The van der Waals surface area contributed by atoms with Gasteiger partial charge in [-0.2, -0.15) is 10.1 Å². The fourth-order valence-corrected chi connectivity index (χ4v) is 6.85. The third-order valence-electron chi connectivity index (χ3n) is 6.22. The van der Waals surface area contributed by atoms with E-state index in [2.05, 4.69) is 15.2 Å². The Labute approximate surface area is 177 Å². The van der Waals surface area contributed by atoms with Gasteiger partial charge in [0.15, 0.2) is 9.84 Å². The van der Waals surface area contributed by atoms with Gasteiger partial charge in [0.2, 0.25) is 11.7 Å². The van der Waals surface area contributed by atoms with E-state index in [1.807, 2.05) is 0 Å². The summed E-state index contributed by atoms with van der Waals surface area (Å²) in [5.74, 6) is -0.623. The lowest BCUT2D eigenvalue weighted by molar-refractivity contribution is 0.0503. The summed E-state index contributed by atoms with van der Waals surface area (Å²) in [7, 11) is -1.72. The second-order valence-corrected chi connectivity index (χ2v) is 10.6. The highest BCUT2D eigenvalue weighted by Crippen LogP contribution is 2.50. The number of benzene rings is 1. The van der Waals surface area contributed by atoms with Crippen molar-refractivity contribution in [1.29, 1.82) is 0 Å². The molecule has 3 aromatic rings. The van der Waals surface area contributed by atoms with Gasteiger partial charge in [0, 0.05) is 31.9 Å². The van der Waals surface area contributed by atoms with Gasteiger partial charge in [0.05, 0.1) is 22.9 Å². The van der Waals surface area contributed by atoms with Crippen molar-refractivity contribution in [3.63, 3.8) is 0 Å². The summed E-state index contributed by atoms with van der Waals surface area (Å²) in [5.41, 5.74) is 1.63. The van der Waals surface area contributed by atoms with Crippen LogP contribution < -0.4 is 0 Å². The Morgan fingerprint density at radius 1 is 1.26 bits per heavy atom. The predicted octanol–water partition coefficient (Wildman–Crippen LogP) is 1.71. The van der Waals surface area contributed by atoms with Gasteiger partial charge in [-0.3, -0.25) is 9.48 Å². The Bertz CT molecular complexity index is 1280. The van der Waals surface area contributed by atoms with Crippen molar-refractivity contribution in [2.24, 2.45) is 7.05 Å². The van der Waals surface area contributed by atoms with E-state index in [0.717, 1.165) is 0 Å². The van der Waals surface area contributed by atoms with Crippen LogP contribution in [0, 0.1) is 12.7 Å². The number of hydrogen-bond acceptors (Lipinski definition) is 7. The number of carbonyl (C=O) groups is 1. The number of nitrogens with zero attached hydrogens (tertiary/aromatic N) is 5. The number of rotatable bonds is 3. The number of aromatic nitrogens is 4.